The molecule has 28 heavy (non-hydrogen) atoms. The summed E-state index contributed by atoms with van der Waals surface area (Å²) >= 11 is 0. The van der Waals surface area contributed by atoms with E-state index in [1.54, 1.807) is 11.1 Å². The molecule has 1 saturated heterocycles. The third-order valence-electron chi connectivity index (χ3n) is 4.75. The molecule has 0 radical (unpaired) electrons. The molecule has 152 valence electrons. The summed E-state index contributed by atoms with van der Waals surface area (Å²) in [5, 5.41) is 1.08. The first kappa shape index (κ1) is 20.5. The lowest BCUT2D eigenvalue weighted by Crippen LogP contribution is -2.36. The average Bonchev–Trinajstić information content (AvgIpc) is 3.12. The van der Waals surface area contributed by atoms with Gasteiger partial charge in [-0.2, -0.15) is 0 Å². The number of rotatable bonds is 7. The van der Waals surface area contributed by atoms with Gasteiger partial charge in [0.2, 0.25) is 0 Å². The highest BCUT2D eigenvalue weighted by molar-refractivity contribution is 5.74. The summed E-state index contributed by atoms with van der Waals surface area (Å²) in [5.74, 6) is 0. The second-order valence-corrected chi connectivity index (χ2v) is 8.37. The molecule has 0 spiro atoms. The number of aryl methyl sites for hydroxylation is 1. The van der Waals surface area contributed by atoms with Crippen molar-refractivity contribution in [3.05, 3.63) is 36.2 Å². The number of carbonyl (C=O) groups excluding carboxylic acids is 1. The Morgan fingerprint density at radius 3 is 2.89 bits per heavy atom. The Kier molecular flexibility index (Phi) is 6.83. The third-order valence-corrected chi connectivity index (χ3v) is 4.75. The molecule has 3 rings (SSSR count). The van der Waals surface area contributed by atoms with Crippen LogP contribution in [0.4, 0.5) is 4.79 Å². The molecular weight excluding hydrogens is 354 g/mol. The Bertz CT molecular complexity index is 788. The van der Waals surface area contributed by atoms with Crippen LogP contribution in [0.25, 0.3) is 11.0 Å². The fourth-order valence-electron chi connectivity index (χ4n) is 3.32. The molecule has 1 fully saturated rings. The van der Waals surface area contributed by atoms with Crippen molar-refractivity contribution >= 4 is 17.1 Å². The first-order valence-corrected chi connectivity index (χ1v) is 10.2. The number of hydrogen-bond acceptors (Lipinski definition) is 5. The van der Waals surface area contributed by atoms with Crippen LogP contribution in [0, 0.1) is 0 Å². The molecule has 0 N–H and O–H groups in total. The van der Waals surface area contributed by atoms with Crippen LogP contribution >= 0.6 is 0 Å². The van der Waals surface area contributed by atoms with Gasteiger partial charge in [-0.05, 0) is 70.7 Å². The van der Waals surface area contributed by atoms with E-state index < -0.39 is 5.60 Å². The lowest BCUT2D eigenvalue weighted by Gasteiger charge is -2.24. The van der Waals surface area contributed by atoms with E-state index in [4.69, 9.17) is 9.47 Å². The summed E-state index contributed by atoms with van der Waals surface area (Å²) in [6, 6.07) is 8.14. The fraction of sp³-hybridized carbons (Fsp3) is 0.591. The number of aromatic nitrogens is 2. The van der Waals surface area contributed by atoms with Gasteiger partial charge >= 0.3 is 6.09 Å². The molecule has 2 aromatic heterocycles. The summed E-state index contributed by atoms with van der Waals surface area (Å²) in [4.78, 5) is 22.7. The maximum atomic E-state index is 12.1. The maximum Gasteiger partial charge on any atom is 0.410 e. The van der Waals surface area contributed by atoms with E-state index in [1.807, 2.05) is 32.9 Å². The normalized spacial score (nSPS) is 17.2. The third kappa shape index (κ3) is 6.16. The van der Waals surface area contributed by atoms with Crippen LogP contribution in [-0.4, -0.2) is 52.4 Å². The number of hydrogen-bond donors (Lipinski definition) is 0. The van der Waals surface area contributed by atoms with Gasteiger partial charge in [-0.3, -0.25) is 0 Å². The number of pyridine rings is 2. The zero-order chi connectivity index (χ0) is 20.0. The molecule has 0 aromatic carbocycles. The van der Waals surface area contributed by atoms with Crippen molar-refractivity contribution in [3.63, 3.8) is 0 Å². The minimum absolute atomic E-state index is 0.126. The molecule has 6 heteroatoms. The van der Waals surface area contributed by atoms with Gasteiger partial charge in [0, 0.05) is 30.4 Å². The highest BCUT2D eigenvalue weighted by Gasteiger charge is 2.30. The van der Waals surface area contributed by atoms with Crippen LogP contribution in [-0.2, 0) is 15.9 Å². The summed E-state index contributed by atoms with van der Waals surface area (Å²) in [5.41, 5.74) is 1.46. The summed E-state index contributed by atoms with van der Waals surface area (Å²) in [7, 11) is 0. The van der Waals surface area contributed by atoms with E-state index in [1.165, 1.54) is 0 Å². The van der Waals surface area contributed by atoms with Crippen LogP contribution in [0.5, 0.6) is 0 Å². The Morgan fingerprint density at radius 1 is 1.21 bits per heavy atom. The standard InChI is InChI=1S/C22H31N3O3/c1-22(2,3)28-21(26)25-14-12-19(16-25)27-15-6-4-5-9-18-11-10-17-8-7-13-23-20(17)24-18/h7-8,10-11,13,19H,4-6,9,12,14-16H2,1-3H3/t19-/m1/s1. The van der Waals surface area contributed by atoms with Crippen LogP contribution in [0.2, 0.25) is 0 Å². The van der Waals surface area contributed by atoms with Crippen molar-refractivity contribution in [1.29, 1.82) is 0 Å². The van der Waals surface area contributed by atoms with E-state index >= 15 is 0 Å². The van der Waals surface area contributed by atoms with Gasteiger partial charge < -0.3 is 14.4 Å². The van der Waals surface area contributed by atoms with Crippen molar-refractivity contribution in [2.45, 2.75) is 64.6 Å². The van der Waals surface area contributed by atoms with E-state index in [2.05, 4.69) is 22.1 Å². The quantitative estimate of drug-likeness (QED) is 0.662. The topological polar surface area (TPSA) is 64.5 Å². The second-order valence-electron chi connectivity index (χ2n) is 8.37. The van der Waals surface area contributed by atoms with Gasteiger partial charge in [-0.25, -0.2) is 14.8 Å². The van der Waals surface area contributed by atoms with E-state index in [9.17, 15) is 4.79 Å². The van der Waals surface area contributed by atoms with Crippen molar-refractivity contribution in [1.82, 2.24) is 14.9 Å². The average molecular weight is 386 g/mol. The monoisotopic (exact) mass is 385 g/mol. The molecule has 0 bridgehead atoms. The molecule has 3 heterocycles. The Labute approximate surface area is 167 Å². The molecule has 0 aliphatic carbocycles. The molecule has 0 saturated carbocycles. The Morgan fingerprint density at radius 2 is 2.07 bits per heavy atom. The summed E-state index contributed by atoms with van der Waals surface area (Å²) in [6.07, 6.45) is 6.72. The van der Waals surface area contributed by atoms with E-state index in [-0.39, 0.29) is 12.2 Å². The molecule has 1 atom stereocenters. The summed E-state index contributed by atoms with van der Waals surface area (Å²) < 4.78 is 11.4. The van der Waals surface area contributed by atoms with Gasteiger partial charge in [0.1, 0.15) is 5.60 Å². The van der Waals surface area contributed by atoms with Gasteiger partial charge in [-0.15, -0.1) is 0 Å². The van der Waals surface area contributed by atoms with Gasteiger partial charge in [0.15, 0.2) is 5.65 Å². The van der Waals surface area contributed by atoms with Crippen molar-refractivity contribution < 1.29 is 14.3 Å². The zero-order valence-corrected chi connectivity index (χ0v) is 17.2. The minimum Gasteiger partial charge on any atom is -0.444 e. The van der Waals surface area contributed by atoms with Gasteiger partial charge in [0.05, 0.1) is 12.6 Å². The first-order chi connectivity index (χ1) is 13.4. The number of likely N-dealkylation sites (tertiary alicyclic amines) is 1. The van der Waals surface area contributed by atoms with Crippen molar-refractivity contribution in [2.24, 2.45) is 0 Å². The number of ether oxygens (including phenoxy) is 2. The number of amides is 1. The summed E-state index contributed by atoms with van der Waals surface area (Å²) in [6.45, 7) is 7.74. The first-order valence-electron chi connectivity index (χ1n) is 10.2. The highest BCUT2D eigenvalue weighted by Crippen LogP contribution is 2.18. The Hall–Kier alpha value is -2.21. The maximum absolute atomic E-state index is 12.1. The molecule has 0 unspecified atom stereocenters. The van der Waals surface area contributed by atoms with E-state index in [0.29, 0.717) is 13.1 Å². The van der Waals surface area contributed by atoms with Crippen LogP contribution in [0.3, 0.4) is 0 Å². The Balaban J connectivity index is 1.29. The molecular formula is C22H31N3O3. The molecule has 1 amide bonds. The highest BCUT2D eigenvalue weighted by atomic mass is 16.6. The molecule has 1 aliphatic rings. The van der Waals surface area contributed by atoms with Gasteiger partial charge in [-0.1, -0.05) is 6.42 Å². The number of fused-ring (bicyclic) bond motifs is 1. The van der Waals surface area contributed by atoms with Gasteiger partial charge in [0.25, 0.3) is 0 Å². The lowest BCUT2D eigenvalue weighted by molar-refractivity contribution is 0.0206. The predicted molar refractivity (Wildman–Crippen MR) is 109 cm³/mol. The lowest BCUT2D eigenvalue weighted by atomic mass is 10.1. The van der Waals surface area contributed by atoms with Crippen LogP contribution in [0.1, 0.15) is 52.1 Å². The smallest absolute Gasteiger partial charge is 0.410 e. The molecule has 1 aliphatic heterocycles. The van der Waals surface area contributed by atoms with Crippen LogP contribution < -0.4 is 0 Å². The number of carbonyl (C=O) groups is 1. The number of nitrogens with zero attached hydrogens (tertiary/aromatic N) is 3. The molecule has 6 nitrogen and oxygen atoms in total. The molecule has 2 aromatic rings. The zero-order valence-electron chi connectivity index (χ0n) is 17.2. The van der Waals surface area contributed by atoms with Crippen molar-refractivity contribution in [2.75, 3.05) is 19.7 Å². The number of unbranched alkanes of at least 4 members (excludes halogenated alkanes) is 2. The minimum atomic E-state index is -0.452. The van der Waals surface area contributed by atoms with Crippen molar-refractivity contribution in [3.8, 4) is 0 Å². The fourth-order valence-corrected chi connectivity index (χ4v) is 3.32. The van der Waals surface area contributed by atoms with Crippen LogP contribution in [0.15, 0.2) is 30.5 Å². The largest absolute Gasteiger partial charge is 0.444 e. The second kappa shape index (κ2) is 9.32. The van der Waals surface area contributed by atoms with E-state index in [0.717, 1.165) is 55.4 Å². The SMILES string of the molecule is CC(C)(C)OC(=O)N1CC[C@@H](OCCCCCc2ccc3cccnc3n2)C1. The predicted octanol–water partition coefficient (Wildman–Crippen LogP) is 4.37.